The van der Waals surface area contributed by atoms with Crippen LogP contribution >= 0.6 is 0 Å². The number of nitrogens with two attached hydrogens (primary N) is 1. The lowest BCUT2D eigenvalue weighted by Crippen LogP contribution is -2.30. The fourth-order valence-electron chi connectivity index (χ4n) is 3.03. The zero-order valence-electron chi connectivity index (χ0n) is 12.6. The molecule has 1 fully saturated rings. The number of amides is 1. The third-order valence-corrected chi connectivity index (χ3v) is 4.31. The predicted molar refractivity (Wildman–Crippen MR) is 84.9 cm³/mol. The van der Waals surface area contributed by atoms with Crippen LogP contribution in [0.4, 0.5) is 0 Å². The molecule has 2 unspecified atom stereocenters. The van der Waals surface area contributed by atoms with E-state index in [2.05, 4.69) is 22.5 Å². The first-order chi connectivity index (χ1) is 10.7. The molecule has 1 aliphatic carbocycles. The third kappa shape index (κ3) is 3.54. The summed E-state index contributed by atoms with van der Waals surface area (Å²) in [6, 6.07) is 10.2. The van der Waals surface area contributed by atoms with Crippen LogP contribution in [0.3, 0.4) is 0 Å². The Morgan fingerprint density at radius 1 is 1.27 bits per heavy atom. The number of benzene rings is 1. The van der Waals surface area contributed by atoms with Crippen molar-refractivity contribution in [3.8, 4) is 0 Å². The maximum Gasteiger partial charge on any atom is 0.223 e. The van der Waals surface area contributed by atoms with Gasteiger partial charge in [-0.25, -0.2) is 0 Å². The number of aromatic nitrogens is 2. The van der Waals surface area contributed by atoms with E-state index in [0.29, 0.717) is 13.1 Å². The van der Waals surface area contributed by atoms with Crippen LogP contribution in [0.2, 0.25) is 0 Å². The van der Waals surface area contributed by atoms with Crippen LogP contribution in [0, 0.1) is 5.92 Å². The zero-order valence-corrected chi connectivity index (χ0v) is 12.6. The van der Waals surface area contributed by atoms with Gasteiger partial charge in [0.05, 0.1) is 6.54 Å². The number of hydrogen-bond donors (Lipinski definition) is 2. The zero-order chi connectivity index (χ0) is 15.4. The molecule has 5 heteroatoms. The van der Waals surface area contributed by atoms with Gasteiger partial charge in [-0.2, -0.15) is 5.10 Å². The summed E-state index contributed by atoms with van der Waals surface area (Å²) in [5.74, 6) is 0.204. The summed E-state index contributed by atoms with van der Waals surface area (Å²) in [6.07, 6.45) is 6.37. The van der Waals surface area contributed by atoms with E-state index < -0.39 is 0 Å². The van der Waals surface area contributed by atoms with Gasteiger partial charge in [0, 0.05) is 30.9 Å². The van der Waals surface area contributed by atoms with Crippen molar-refractivity contribution in [3.63, 3.8) is 0 Å². The average molecular weight is 298 g/mol. The minimum absolute atomic E-state index is 0.0771. The number of carbonyl (C=O) groups excluding carboxylic acids is 1. The van der Waals surface area contributed by atoms with Crippen molar-refractivity contribution in [2.45, 2.75) is 38.4 Å². The highest BCUT2D eigenvalue weighted by atomic mass is 16.1. The van der Waals surface area contributed by atoms with Gasteiger partial charge in [0.25, 0.3) is 0 Å². The lowest BCUT2D eigenvalue weighted by molar-refractivity contribution is -0.125. The molecule has 116 valence electrons. The highest BCUT2D eigenvalue weighted by Gasteiger charge is 2.27. The van der Waals surface area contributed by atoms with Crippen LogP contribution in [-0.4, -0.2) is 21.7 Å². The molecule has 1 heterocycles. The first-order valence-electron chi connectivity index (χ1n) is 7.80. The number of hydrogen-bond acceptors (Lipinski definition) is 3. The number of nitrogens with zero attached hydrogens (tertiary/aromatic N) is 2. The van der Waals surface area contributed by atoms with Gasteiger partial charge >= 0.3 is 0 Å². The van der Waals surface area contributed by atoms with Crippen LogP contribution in [0.1, 0.15) is 30.4 Å². The van der Waals surface area contributed by atoms with E-state index in [4.69, 9.17) is 5.73 Å². The fraction of sp³-hybridized carbons (Fsp3) is 0.412. The van der Waals surface area contributed by atoms with Crippen molar-refractivity contribution in [1.82, 2.24) is 15.1 Å². The first-order valence-corrected chi connectivity index (χ1v) is 7.80. The Morgan fingerprint density at radius 2 is 2.09 bits per heavy atom. The van der Waals surface area contributed by atoms with Gasteiger partial charge in [-0.15, -0.1) is 0 Å². The van der Waals surface area contributed by atoms with Gasteiger partial charge in [0.2, 0.25) is 5.91 Å². The molecular formula is C17H22N4O. The molecule has 1 amide bonds. The van der Waals surface area contributed by atoms with Gasteiger partial charge in [0.1, 0.15) is 0 Å². The molecule has 1 aromatic heterocycles. The standard InChI is InChI=1S/C17H22N4O/c18-16-7-6-13(10-16)17(22)19-11-14-4-1-2-5-15(14)12-21-9-3-8-20-21/h1-5,8-9,13,16H,6-7,10-12,18H2,(H,19,22). The summed E-state index contributed by atoms with van der Waals surface area (Å²) in [5, 5.41) is 7.29. The Morgan fingerprint density at radius 3 is 2.77 bits per heavy atom. The molecule has 2 atom stereocenters. The summed E-state index contributed by atoms with van der Waals surface area (Å²) in [6.45, 7) is 1.27. The van der Waals surface area contributed by atoms with Crippen LogP contribution in [0.15, 0.2) is 42.7 Å². The van der Waals surface area contributed by atoms with Crippen molar-refractivity contribution >= 4 is 5.91 Å². The molecule has 2 aromatic rings. The molecule has 0 radical (unpaired) electrons. The molecular weight excluding hydrogens is 276 g/mol. The molecule has 0 bridgehead atoms. The monoisotopic (exact) mass is 298 g/mol. The van der Waals surface area contributed by atoms with E-state index in [1.807, 2.05) is 29.1 Å². The topological polar surface area (TPSA) is 72.9 Å². The summed E-state index contributed by atoms with van der Waals surface area (Å²) >= 11 is 0. The van der Waals surface area contributed by atoms with Crippen molar-refractivity contribution in [1.29, 1.82) is 0 Å². The highest BCUT2D eigenvalue weighted by molar-refractivity contribution is 5.79. The van der Waals surface area contributed by atoms with E-state index in [1.165, 1.54) is 5.56 Å². The molecule has 0 spiro atoms. The van der Waals surface area contributed by atoms with E-state index in [9.17, 15) is 4.79 Å². The molecule has 1 aromatic carbocycles. The van der Waals surface area contributed by atoms with Gasteiger partial charge in [-0.1, -0.05) is 24.3 Å². The maximum absolute atomic E-state index is 12.2. The third-order valence-electron chi connectivity index (χ3n) is 4.31. The number of rotatable bonds is 5. The second-order valence-corrected chi connectivity index (χ2v) is 5.96. The molecule has 5 nitrogen and oxygen atoms in total. The lowest BCUT2D eigenvalue weighted by Gasteiger charge is -2.13. The van der Waals surface area contributed by atoms with Crippen molar-refractivity contribution in [2.24, 2.45) is 11.7 Å². The van der Waals surface area contributed by atoms with Gasteiger partial charge in [-0.3, -0.25) is 9.48 Å². The summed E-state index contributed by atoms with van der Waals surface area (Å²) in [7, 11) is 0. The summed E-state index contributed by atoms with van der Waals surface area (Å²) < 4.78 is 1.89. The Balaban J connectivity index is 1.61. The molecule has 3 N–H and O–H groups in total. The van der Waals surface area contributed by atoms with Crippen LogP contribution in [0.25, 0.3) is 0 Å². The van der Waals surface area contributed by atoms with Gasteiger partial charge in [-0.05, 0) is 36.5 Å². The lowest BCUT2D eigenvalue weighted by atomic mass is 10.1. The number of nitrogens with one attached hydrogen (secondary N) is 1. The first kappa shape index (κ1) is 14.8. The maximum atomic E-state index is 12.2. The molecule has 1 saturated carbocycles. The molecule has 0 saturated heterocycles. The second kappa shape index (κ2) is 6.75. The highest BCUT2D eigenvalue weighted by Crippen LogP contribution is 2.24. The average Bonchev–Trinajstić information content (AvgIpc) is 3.18. The van der Waals surface area contributed by atoms with E-state index in [1.54, 1.807) is 6.20 Å². The Bertz CT molecular complexity index is 623. The van der Waals surface area contributed by atoms with Crippen LogP contribution < -0.4 is 11.1 Å². The minimum atomic E-state index is 0.0771. The van der Waals surface area contributed by atoms with E-state index in [0.717, 1.165) is 24.8 Å². The number of carbonyl (C=O) groups is 1. The van der Waals surface area contributed by atoms with Gasteiger partial charge in [0.15, 0.2) is 0 Å². The van der Waals surface area contributed by atoms with Crippen molar-refractivity contribution in [3.05, 3.63) is 53.9 Å². The smallest absolute Gasteiger partial charge is 0.223 e. The Hall–Kier alpha value is -2.14. The SMILES string of the molecule is NC1CCC(C(=O)NCc2ccccc2Cn2cccn2)C1. The molecule has 1 aliphatic rings. The Labute approximate surface area is 130 Å². The fourth-order valence-corrected chi connectivity index (χ4v) is 3.03. The molecule has 3 rings (SSSR count). The minimum Gasteiger partial charge on any atom is -0.352 e. The van der Waals surface area contributed by atoms with Crippen LogP contribution in [0.5, 0.6) is 0 Å². The van der Waals surface area contributed by atoms with E-state index >= 15 is 0 Å². The quantitative estimate of drug-likeness (QED) is 0.882. The van der Waals surface area contributed by atoms with E-state index in [-0.39, 0.29) is 17.9 Å². The summed E-state index contributed by atoms with van der Waals surface area (Å²) in [5.41, 5.74) is 8.19. The van der Waals surface area contributed by atoms with Gasteiger partial charge < -0.3 is 11.1 Å². The Kier molecular flexibility index (Phi) is 4.53. The second-order valence-electron chi connectivity index (χ2n) is 5.96. The normalized spacial score (nSPS) is 21.0. The van der Waals surface area contributed by atoms with Crippen molar-refractivity contribution < 1.29 is 4.79 Å². The largest absolute Gasteiger partial charge is 0.352 e. The molecule has 0 aliphatic heterocycles. The predicted octanol–water partition coefficient (Wildman–Crippen LogP) is 1.67. The summed E-state index contributed by atoms with van der Waals surface area (Å²) in [4.78, 5) is 12.2. The van der Waals surface area contributed by atoms with Crippen molar-refractivity contribution in [2.75, 3.05) is 0 Å². The molecule has 22 heavy (non-hydrogen) atoms. The van der Waals surface area contributed by atoms with Crippen LogP contribution in [-0.2, 0) is 17.9 Å².